The van der Waals surface area contributed by atoms with Crippen LogP contribution in [-0.2, 0) is 0 Å². The van der Waals surface area contributed by atoms with Crippen LogP contribution < -0.4 is 10.1 Å². The van der Waals surface area contributed by atoms with Gasteiger partial charge in [-0.3, -0.25) is 0 Å². The molecule has 0 saturated carbocycles. The molecule has 0 radical (unpaired) electrons. The first-order valence-electron chi connectivity index (χ1n) is 5.63. The van der Waals surface area contributed by atoms with Gasteiger partial charge in [0.05, 0.1) is 7.11 Å². The lowest BCUT2D eigenvalue weighted by atomic mass is 10.3. The van der Waals surface area contributed by atoms with E-state index >= 15 is 0 Å². The van der Waals surface area contributed by atoms with E-state index in [0.717, 1.165) is 11.4 Å². The van der Waals surface area contributed by atoms with Gasteiger partial charge in [0.25, 0.3) is 0 Å². The Kier molecular flexibility index (Phi) is 5.51. The number of carbonyl (C=O) groups is 1. The molecule has 18 heavy (non-hydrogen) atoms. The zero-order valence-corrected chi connectivity index (χ0v) is 10.6. The average Bonchev–Trinajstić information content (AvgIpc) is 2.39. The zero-order valence-electron chi connectivity index (χ0n) is 10.6. The van der Waals surface area contributed by atoms with Gasteiger partial charge in [0.1, 0.15) is 5.75 Å². The first-order valence-corrected chi connectivity index (χ1v) is 5.63. The Balaban J connectivity index is 2.65. The third-order valence-electron chi connectivity index (χ3n) is 2.33. The van der Waals surface area contributed by atoms with Crippen molar-refractivity contribution in [3.63, 3.8) is 0 Å². The van der Waals surface area contributed by atoms with Crippen molar-refractivity contribution in [1.82, 2.24) is 4.90 Å². The molecule has 1 N–H and O–H groups in total. The van der Waals surface area contributed by atoms with Crippen LogP contribution in [0.5, 0.6) is 5.75 Å². The SMILES string of the molecule is C=CCN(CC=C)C(=O)Nc1ccc(OC)cc1. The summed E-state index contributed by atoms with van der Waals surface area (Å²) in [5.41, 5.74) is 0.721. The smallest absolute Gasteiger partial charge is 0.322 e. The van der Waals surface area contributed by atoms with E-state index in [-0.39, 0.29) is 6.03 Å². The van der Waals surface area contributed by atoms with E-state index in [0.29, 0.717) is 13.1 Å². The Morgan fingerprint density at radius 2 is 1.83 bits per heavy atom. The van der Waals surface area contributed by atoms with Crippen LogP contribution in [0.25, 0.3) is 0 Å². The number of amides is 2. The van der Waals surface area contributed by atoms with Crippen molar-refractivity contribution in [2.45, 2.75) is 0 Å². The molecule has 0 bridgehead atoms. The number of nitrogens with zero attached hydrogens (tertiary/aromatic N) is 1. The first kappa shape index (κ1) is 13.8. The highest BCUT2D eigenvalue weighted by atomic mass is 16.5. The fraction of sp³-hybridized carbons (Fsp3) is 0.214. The maximum atomic E-state index is 11.9. The Morgan fingerprint density at radius 1 is 1.28 bits per heavy atom. The molecule has 0 aromatic heterocycles. The van der Waals surface area contributed by atoms with Crippen molar-refractivity contribution in [3.8, 4) is 5.75 Å². The summed E-state index contributed by atoms with van der Waals surface area (Å²) < 4.78 is 5.05. The van der Waals surface area contributed by atoms with Crippen molar-refractivity contribution in [2.75, 3.05) is 25.5 Å². The maximum Gasteiger partial charge on any atom is 0.322 e. The minimum atomic E-state index is -0.181. The van der Waals surface area contributed by atoms with Crippen molar-refractivity contribution in [1.29, 1.82) is 0 Å². The standard InChI is InChI=1S/C14H18N2O2/c1-4-10-16(11-5-2)14(17)15-12-6-8-13(18-3)9-7-12/h4-9H,1-2,10-11H2,3H3,(H,15,17). The first-order chi connectivity index (χ1) is 8.71. The van der Waals surface area contributed by atoms with Gasteiger partial charge < -0.3 is 15.0 Å². The largest absolute Gasteiger partial charge is 0.497 e. The van der Waals surface area contributed by atoms with Gasteiger partial charge in [0, 0.05) is 18.8 Å². The molecular formula is C14H18N2O2. The summed E-state index contributed by atoms with van der Waals surface area (Å²) in [6.07, 6.45) is 3.36. The number of ether oxygens (including phenoxy) is 1. The van der Waals surface area contributed by atoms with E-state index in [1.807, 2.05) is 0 Å². The van der Waals surface area contributed by atoms with E-state index in [9.17, 15) is 4.79 Å². The molecule has 0 atom stereocenters. The van der Waals surface area contributed by atoms with Gasteiger partial charge in [-0.25, -0.2) is 4.79 Å². The molecule has 1 rings (SSSR count). The highest BCUT2D eigenvalue weighted by molar-refractivity contribution is 5.89. The summed E-state index contributed by atoms with van der Waals surface area (Å²) >= 11 is 0. The predicted molar refractivity (Wildman–Crippen MR) is 74.0 cm³/mol. The molecule has 2 amide bonds. The highest BCUT2D eigenvalue weighted by Gasteiger charge is 2.10. The Hall–Kier alpha value is -2.23. The number of anilines is 1. The fourth-order valence-electron chi connectivity index (χ4n) is 1.43. The van der Waals surface area contributed by atoms with Gasteiger partial charge >= 0.3 is 6.03 Å². The summed E-state index contributed by atoms with van der Waals surface area (Å²) in [5, 5.41) is 2.80. The molecule has 0 heterocycles. The van der Waals surface area contributed by atoms with Crippen molar-refractivity contribution >= 4 is 11.7 Å². The molecule has 0 aliphatic carbocycles. The lowest BCUT2D eigenvalue weighted by molar-refractivity contribution is 0.222. The number of urea groups is 1. The lowest BCUT2D eigenvalue weighted by Crippen LogP contribution is -2.35. The van der Waals surface area contributed by atoms with Crippen LogP contribution in [0, 0.1) is 0 Å². The number of hydrogen-bond donors (Lipinski definition) is 1. The number of hydrogen-bond acceptors (Lipinski definition) is 2. The second-order valence-corrected chi connectivity index (χ2v) is 3.64. The monoisotopic (exact) mass is 246 g/mol. The van der Waals surface area contributed by atoms with E-state index in [4.69, 9.17) is 4.74 Å². The molecule has 0 saturated heterocycles. The van der Waals surface area contributed by atoms with Crippen LogP contribution in [0.2, 0.25) is 0 Å². The van der Waals surface area contributed by atoms with Gasteiger partial charge in [-0.2, -0.15) is 0 Å². The fourth-order valence-corrected chi connectivity index (χ4v) is 1.43. The van der Waals surface area contributed by atoms with Crippen LogP contribution in [0.4, 0.5) is 10.5 Å². The normalized spacial score (nSPS) is 9.39. The number of methoxy groups -OCH3 is 1. The molecule has 0 aliphatic heterocycles. The topological polar surface area (TPSA) is 41.6 Å². The van der Waals surface area contributed by atoms with Crippen molar-refractivity contribution in [2.24, 2.45) is 0 Å². The Morgan fingerprint density at radius 3 is 2.28 bits per heavy atom. The van der Waals surface area contributed by atoms with Gasteiger partial charge in [-0.05, 0) is 24.3 Å². The molecule has 96 valence electrons. The van der Waals surface area contributed by atoms with Crippen LogP contribution in [0.15, 0.2) is 49.6 Å². The molecule has 0 aliphatic rings. The molecule has 1 aromatic carbocycles. The van der Waals surface area contributed by atoms with E-state index < -0.39 is 0 Å². The number of nitrogens with one attached hydrogen (secondary N) is 1. The third kappa shape index (κ3) is 3.97. The molecule has 1 aromatic rings. The number of carbonyl (C=O) groups excluding carboxylic acids is 1. The molecular weight excluding hydrogens is 228 g/mol. The minimum absolute atomic E-state index is 0.181. The van der Waals surface area contributed by atoms with Gasteiger partial charge in [0.15, 0.2) is 0 Å². The third-order valence-corrected chi connectivity index (χ3v) is 2.33. The zero-order chi connectivity index (χ0) is 13.4. The van der Waals surface area contributed by atoms with Gasteiger partial charge in [0.2, 0.25) is 0 Å². The lowest BCUT2D eigenvalue weighted by Gasteiger charge is -2.19. The van der Waals surface area contributed by atoms with Crippen LogP contribution in [-0.4, -0.2) is 31.1 Å². The molecule has 4 nitrogen and oxygen atoms in total. The van der Waals surface area contributed by atoms with Gasteiger partial charge in [-0.1, -0.05) is 12.2 Å². The Labute approximate surface area is 108 Å². The second kappa shape index (κ2) is 7.17. The van der Waals surface area contributed by atoms with E-state index in [1.165, 1.54) is 0 Å². The highest BCUT2D eigenvalue weighted by Crippen LogP contribution is 2.15. The average molecular weight is 246 g/mol. The summed E-state index contributed by atoms with van der Waals surface area (Å²) in [4.78, 5) is 13.5. The van der Waals surface area contributed by atoms with E-state index in [1.54, 1.807) is 48.4 Å². The van der Waals surface area contributed by atoms with Gasteiger partial charge in [-0.15, -0.1) is 13.2 Å². The molecule has 0 unspecified atom stereocenters. The number of rotatable bonds is 6. The molecule has 0 fully saturated rings. The van der Waals surface area contributed by atoms with Crippen LogP contribution in [0.3, 0.4) is 0 Å². The van der Waals surface area contributed by atoms with Crippen LogP contribution >= 0.6 is 0 Å². The quantitative estimate of drug-likeness (QED) is 0.784. The van der Waals surface area contributed by atoms with E-state index in [2.05, 4.69) is 18.5 Å². The summed E-state index contributed by atoms with van der Waals surface area (Å²) in [5.74, 6) is 0.752. The van der Waals surface area contributed by atoms with Crippen molar-refractivity contribution < 1.29 is 9.53 Å². The summed E-state index contributed by atoms with van der Waals surface area (Å²) in [7, 11) is 1.60. The summed E-state index contributed by atoms with van der Waals surface area (Å²) in [6, 6.07) is 6.98. The Bertz CT molecular complexity index is 402. The molecule has 4 heteroatoms. The number of benzene rings is 1. The van der Waals surface area contributed by atoms with Crippen LogP contribution in [0.1, 0.15) is 0 Å². The maximum absolute atomic E-state index is 11.9. The predicted octanol–water partition coefficient (Wildman–Crippen LogP) is 2.90. The summed E-state index contributed by atoms with van der Waals surface area (Å²) in [6.45, 7) is 8.21. The minimum Gasteiger partial charge on any atom is -0.497 e. The second-order valence-electron chi connectivity index (χ2n) is 3.64. The van der Waals surface area contributed by atoms with Crippen molar-refractivity contribution in [3.05, 3.63) is 49.6 Å². The molecule has 0 spiro atoms.